The molecule has 0 aliphatic carbocycles. The molecule has 0 aromatic heterocycles. The zero-order valence-electron chi connectivity index (χ0n) is 15.0. The Morgan fingerprint density at radius 3 is 2.38 bits per heavy atom. The molecular formula is C17H23NO6S2. The van der Waals surface area contributed by atoms with E-state index in [1.807, 2.05) is 0 Å². The van der Waals surface area contributed by atoms with Crippen molar-refractivity contribution >= 4 is 32.5 Å². The van der Waals surface area contributed by atoms with Crippen LogP contribution in [0, 0.1) is 0 Å². The van der Waals surface area contributed by atoms with Gasteiger partial charge >= 0.3 is 5.97 Å². The van der Waals surface area contributed by atoms with E-state index < -0.39 is 38.6 Å². The number of rotatable bonds is 6. The first-order chi connectivity index (χ1) is 12.1. The second-order valence-corrected chi connectivity index (χ2v) is 9.82. The Labute approximate surface area is 156 Å². The summed E-state index contributed by atoms with van der Waals surface area (Å²) in [5, 5.41) is 0. The first kappa shape index (κ1) is 20.6. The summed E-state index contributed by atoms with van der Waals surface area (Å²) < 4.78 is 39.9. The molecule has 0 saturated carbocycles. The van der Waals surface area contributed by atoms with Crippen molar-refractivity contribution in [3.05, 3.63) is 29.8 Å². The standard InChI is InChI=1S/C17H23NO6S2/c1-4-18(14-9-10-26(22,23)11-14)16(19)12(2)24-17(20)13-5-7-15(8-6-13)25(3)21/h5-8,12,14H,4,9-11H2,1-3H3. The lowest BCUT2D eigenvalue weighted by molar-refractivity contribution is -0.141. The third kappa shape index (κ3) is 4.91. The molecule has 1 fully saturated rings. The van der Waals surface area contributed by atoms with Gasteiger partial charge in [-0.25, -0.2) is 13.2 Å². The maximum atomic E-state index is 12.6. The van der Waals surface area contributed by atoms with Crippen LogP contribution in [-0.2, 0) is 30.2 Å². The molecule has 1 aliphatic heterocycles. The number of carbonyl (C=O) groups excluding carboxylic acids is 2. The van der Waals surface area contributed by atoms with Crippen LogP contribution in [0.1, 0.15) is 30.6 Å². The fourth-order valence-corrected chi connectivity index (χ4v) is 5.16. The molecule has 0 radical (unpaired) electrons. The van der Waals surface area contributed by atoms with Gasteiger partial charge in [-0.1, -0.05) is 0 Å². The highest BCUT2D eigenvalue weighted by Crippen LogP contribution is 2.19. The molecule has 1 heterocycles. The number of hydrogen-bond donors (Lipinski definition) is 0. The Hall–Kier alpha value is -1.74. The topological polar surface area (TPSA) is 97.8 Å². The average Bonchev–Trinajstić information content (AvgIpc) is 2.95. The molecule has 0 bridgehead atoms. The monoisotopic (exact) mass is 401 g/mol. The molecule has 1 amide bonds. The van der Waals surface area contributed by atoms with E-state index in [-0.39, 0.29) is 23.1 Å². The van der Waals surface area contributed by atoms with Gasteiger partial charge in [0.2, 0.25) is 0 Å². The number of sulfone groups is 1. The zero-order chi connectivity index (χ0) is 19.5. The summed E-state index contributed by atoms with van der Waals surface area (Å²) in [5.74, 6) is -1.05. The molecular weight excluding hydrogens is 378 g/mol. The van der Waals surface area contributed by atoms with Gasteiger partial charge in [-0.15, -0.1) is 0 Å². The van der Waals surface area contributed by atoms with E-state index in [0.29, 0.717) is 17.9 Å². The predicted octanol–water partition coefficient (Wildman–Crippen LogP) is 1.00. The molecule has 26 heavy (non-hydrogen) atoms. The van der Waals surface area contributed by atoms with Crippen LogP contribution in [0.5, 0.6) is 0 Å². The fraction of sp³-hybridized carbons (Fsp3) is 0.529. The van der Waals surface area contributed by atoms with E-state index in [4.69, 9.17) is 4.74 Å². The van der Waals surface area contributed by atoms with Crippen LogP contribution < -0.4 is 0 Å². The molecule has 1 aromatic rings. The SMILES string of the molecule is CCN(C(=O)C(C)OC(=O)c1ccc(S(C)=O)cc1)C1CCS(=O)(=O)C1. The van der Waals surface area contributed by atoms with Crippen LogP contribution in [-0.4, -0.2) is 65.9 Å². The Morgan fingerprint density at radius 2 is 1.92 bits per heavy atom. The Balaban J connectivity index is 2.02. The molecule has 0 spiro atoms. The molecule has 3 unspecified atom stereocenters. The normalized spacial score (nSPS) is 21.0. The maximum Gasteiger partial charge on any atom is 0.338 e. The molecule has 7 nitrogen and oxygen atoms in total. The molecule has 2 rings (SSSR count). The molecule has 1 saturated heterocycles. The molecule has 1 aliphatic rings. The van der Waals surface area contributed by atoms with E-state index in [1.54, 1.807) is 19.1 Å². The van der Waals surface area contributed by atoms with E-state index in [1.165, 1.54) is 30.2 Å². The second kappa shape index (κ2) is 8.30. The summed E-state index contributed by atoms with van der Waals surface area (Å²) in [7, 11) is -4.26. The Bertz CT molecular complexity index is 803. The number of hydrogen-bond acceptors (Lipinski definition) is 6. The van der Waals surface area contributed by atoms with Gasteiger partial charge in [0.05, 0.1) is 17.1 Å². The van der Waals surface area contributed by atoms with Crippen molar-refractivity contribution in [2.75, 3.05) is 24.3 Å². The minimum Gasteiger partial charge on any atom is -0.449 e. The van der Waals surface area contributed by atoms with Gasteiger partial charge in [-0.05, 0) is 44.5 Å². The summed E-state index contributed by atoms with van der Waals surface area (Å²) in [4.78, 5) is 26.9. The van der Waals surface area contributed by atoms with Crippen LogP contribution in [0.2, 0.25) is 0 Å². The van der Waals surface area contributed by atoms with E-state index in [0.717, 1.165) is 0 Å². The molecule has 3 atom stereocenters. The predicted molar refractivity (Wildman–Crippen MR) is 98.1 cm³/mol. The van der Waals surface area contributed by atoms with Crippen LogP contribution in [0.4, 0.5) is 0 Å². The number of amides is 1. The summed E-state index contributed by atoms with van der Waals surface area (Å²) in [6.07, 6.45) is 0.917. The van der Waals surface area contributed by atoms with E-state index in [2.05, 4.69) is 0 Å². The summed E-state index contributed by atoms with van der Waals surface area (Å²) in [5.41, 5.74) is 0.255. The minimum atomic E-state index is -3.11. The van der Waals surface area contributed by atoms with Crippen molar-refractivity contribution in [2.24, 2.45) is 0 Å². The van der Waals surface area contributed by atoms with Crippen LogP contribution >= 0.6 is 0 Å². The second-order valence-electron chi connectivity index (χ2n) is 6.21. The summed E-state index contributed by atoms with van der Waals surface area (Å²) in [6, 6.07) is 5.76. The third-order valence-corrected chi connectivity index (χ3v) is 7.01. The molecule has 0 N–H and O–H groups in total. The van der Waals surface area contributed by atoms with Gasteiger partial charge in [0.25, 0.3) is 5.91 Å². The number of likely N-dealkylation sites (N-methyl/N-ethyl adjacent to an activating group) is 1. The highest BCUT2D eigenvalue weighted by Gasteiger charge is 2.36. The minimum absolute atomic E-state index is 0.0527. The largest absolute Gasteiger partial charge is 0.449 e. The number of ether oxygens (including phenoxy) is 1. The number of benzene rings is 1. The van der Waals surface area contributed by atoms with Gasteiger partial charge in [0.15, 0.2) is 15.9 Å². The summed E-state index contributed by atoms with van der Waals surface area (Å²) in [6.45, 7) is 3.58. The number of carbonyl (C=O) groups is 2. The number of esters is 1. The van der Waals surface area contributed by atoms with Crippen molar-refractivity contribution in [1.29, 1.82) is 0 Å². The number of nitrogens with zero attached hydrogens (tertiary/aromatic N) is 1. The Kier molecular flexibility index (Phi) is 6.57. The highest BCUT2D eigenvalue weighted by molar-refractivity contribution is 7.91. The lowest BCUT2D eigenvalue weighted by atomic mass is 10.2. The van der Waals surface area contributed by atoms with Gasteiger partial charge in [-0.2, -0.15) is 0 Å². The highest BCUT2D eigenvalue weighted by atomic mass is 32.2. The fourth-order valence-electron chi connectivity index (χ4n) is 2.91. The van der Waals surface area contributed by atoms with Crippen molar-refractivity contribution in [3.63, 3.8) is 0 Å². The van der Waals surface area contributed by atoms with E-state index in [9.17, 15) is 22.2 Å². The van der Waals surface area contributed by atoms with Crippen molar-refractivity contribution < 1.29 is 27.0 Å². The molecule has 144 valence electrons. The Morgan fingerprint density at radius 1 is 1.31 bits per heavy atom. The van der Waals surface area contributed by atoms with Crippen molar-refractivity contribution in [3.8, 4) is 0 Å². The van der Waals surface area contributed by atoms with E-state index >= 15 is 0 Å². The van der Waals surface area contributed by atoms with Gasteiger partial charge in [0.1, 0.15) is 0 Å². The van der Waals surface area contributed by atoms with Crippen molar-refractivity contribution in [2.45, 2.75) is 37.3 Å². The van der Waals surface area contributed by atoms with Gasteiger partial charge < -0.3 is 9.64 Å². The first-order valence-electron chi connectivity index (χ1n) is 8.30. The van der Waals surface area contributed by atoms with Crippen LogP contribution in [0.25, 0.3) is 0 Å². The maximum absolute atomic E-state index is 12.6. The van der Waals surface area contributed by atoms with Crippen LogP contribution in [0.15, 0.2) is 29.2 Å². The molecule has 9 heteroatoms. The van der Waals surface area contributed by atoms with Gasteiger partial charge in [0, 0.05) is 34.5 Å². The molecule has 1 aromatic carbocycles. The quantitative estimate of drug-likeness (QED) is 0.660. The smallest absolute Gasteiger partial charge is 0.338 e. The first-order valence-corrected chi connectivity index (χ1v) is 11.7. The zero-order valence-corrected chi connectivity index (χ0v) is 16.6. The van der Waals surface area contributed by atoms with Gasteiger partial charge in [-0.3, -0.25) is 9.00 Å². The third-order valence-electron chi connectivity index (χ3n) is 4.33. The summed E-state index contributed by atoms with van der Waals surface area (Å²) >= 11 is 0. The lowest BCUT2D eigenvalue weighted by Gasteiger charge is -2.29. The average molecular weight is 402 g/mol. The van der Waals surface area contributed by atoms with Crippen LogP contribution in [0.3, 0.4) is 0 Å². The lowest BCUT2D eigenvalue weighted by Crippen LogP contribution is -2.46. The van der Waals surface area contributed by atoms with Crippen molar-refractivity contribution in [1.82, 2.24) is 4.90 Å².